The van der Waals surface area contributed by atoms with Gasteiger partial charge in [-0.1, -0.05) is 13.8 Å². The summed E-state index contributed by atoms with van der Waals surface area (Å²) in [4.78, 5) is 11.6. The summed E-state index contributed by atoms with van der Waals surface area (Å²) in [5, 5.41) is 5.96. The standard InChI is InChI=1S/C15H22N2O3/c1-11(2)9-17-15(18)10-16-12-4-5-13-14(8-12)20-7-3-6-19-13/h4-5,8,11,16H,3,6-7,9-10H2,1-2H3,(H,17,18). The van der Waals surface area contributed by atoms with Crippen molar-refractivity contribution < 1.29 is 14.3 Å². The number of rotatable bonds is 5. The monoisotopic (exact) mass is 278 g/mol. The van der Waals surface area contributed by atoms with E-state index in [2.05, 4.69) is 24.5 Å². The van der Waals surface area contributed by atoms with E-state index >= 15 is 0 Å². The van der Waals surface area contributed by atoms with Crippen molar-refractivity contribution in [3.63, 3.8) is 0 Å². The van der Waals surface area contributed by atoms with E-state index in [-0.39, 0.29) is 12.5 Å². The normalized spacial score (nSPS) is 13.8. The lowest BCUT2D eigenvalue weighted by atomic mass is 10.2. The summed E-state index contributed by atoms with van der Waals surface area (Å²) in [5.74, 6) is 1.94. The third-order valence-electron chi connectivity index (χ3n) is 2.91. The van der Waals surface area contributed by atoms with Gasteiger partial charge in [0.05, 0.1) is 19.8 Å². The predicted molar refractivity (Wildman–Crippen MR) is 78.4 cm³/mol. The van der Waals surface area contributed by atoms with Crippen LogP contribution in [0.4, 0.5) is 5.69 Å². The molecule has 1 aliphatic rings. The Bertz CT molecular complexity index is 460. The molecule has 2 N–H and O–H groups in total. The molecule has 1 aromatic rings. The first-order chi connectivity index (χ1) is 9.65. The second-order valence-corrected chi connectivity index (χ2v) is 5.26. The van der Waals surface area contributed by atoms with Crippen molar-refractivity contribution in [3.8, 4) is 11.5 Å². The lowest BCUT2D eigenvalue weighted by Crippen LogP contribution is -2.32. The molecule has 1 heterocycles. The topological polar surface area (TPSA) is 59.6 Å². The molecule has 0 radical (unpaired) electrons. The number of hydrogen-bond acceptors (Lipinski definition) is 4. The van der Waals surface area contributed by atoms with Gasteiger partial charge < -0.3 is 20.1 Å². The Hall–Kier alpha value is -1.91. The zero-order valence-corrected chi connectivity index (χ0v) is 12.1. The van der Waals surface area contributed by atoms with Crippen molar-refractivity contribution in [2.45, 2.75) is 20.3 Å². The van der Waals surface area contributed by atoms with Gasteiger partial charge in [-0.15, -0.1) is 0 Å². The summed E-state index contributed by atoms with van der Waals surface area (Å²) < 4.78 is 11.2. The molecule has 1 amide bonds. The Morgan fingerprint density at radius 2 is 2.00 bits per heavy atom. The van der Waals surface area contributed by atoms with E-state index in [4.69, 9.17) is 9.47 Å². The highest BCUT2D eigenvalue weighted by Crippen LogP contribution is 2.32. The Morgan fingerprint density at radius 3 is 2.75 bits per heavy atom. The van der Waals surface area contributed by atoms with E-state index in [9.17, 15) is 4.79 Å². The molecule has 0 saturated heterocycles. The fraction of sp³-hybridized carbons (Fsp3) is 0.533. The highest BCUT2D eigenvalue weighted by molar-refractivity contribution is 5.80. The number of carbonyl (C=O) groups is 1. The molecule has 5 heteroatoms. The van der Waals surface area contributed by atoms with Gasteiger partial charge in [0.25, 0.3) is 0 Å². The number of hydrogen-bond donors (Lipinski definition) is 2. The molecule has 1 aromatic carbocycles. The molecule has 0 aromatic heterocycles. The maximum Gasteiger partial charge on any atom is 0.239 e. The number of fused-ring (bicyclic) bond motifs is 1. The molecule has 0 saturated carbocycles. The highest BCUT2D eigenvalue weighted by atomic mass is 16.5. The zero-order chi connectivity index (χ0) is 14.4. The van der Waals surface area contributed by atoms with Crippen LogP contribution in [0.5, 0.6) is 11.5 Å². The van der Waals surface area contributed by atoms with Crippen LogP contribution in [-0.4, -0.2) is 32.2 Å². The molecule has 0 unspecified atom stereocenters. The molecule has 0 fully saturated rings. The Morgan fingerprint density at radius 1 is 1.25 bits per heavy atom. The van der Waals surface area contributed by atoms with Gasteiger partial charge in [0, 0.05) is 24.7 Å². The van der Waals surface area contributed by atoms with E-state index < -0.39 is 0 Å². The van der Waals surface area contributed by atoms with Crippen molar-refractivity contribution in [3.05, 3.63) is 18.2 Å². The lowest BCUT2D eigenvalue weighted by molar-refractivity contribution is -0.119. The van der Waals surface area contributed by atoms with Gasteiger partial charge in [-0.25, -0.2) is 0 Å². The Kier molecular flexibility index (Phi) is 5.09. The largest absolute Gasteiger partial charge is 0.490 e. The first-order valence-corrected chi connectivity index (χ1v) is 7.05. The van der Waals surface area contributed by atoms with E-state index in [0.717, 1.165) is 23.6 Å². The first kappa shape index (κ1) is 14.5. The van der Waals surface area contributed by atoms with E-state index in [1.807, 2.05) is 18.2 Å². The predicted octanol–water partition coefficient (Wildman–Crippen LogP) is 2.03. The molecular formula is C15H22N2O3. The number of nitrogens with one attached hydrogen (secondary N) is 2. The van der Waals surface area contributed by atoms with Gasteiger partial charge in [0.1, 0.15) is 0 Å². The highest BCUT2D eigenvalue weighted by Gasteiger charge is 2.11. The van der Waals surface area contributed by atoms with Gasteiger partial charge in [-0.2, -0.15) is 0 Å². The fourth-order valence-electron chi connectivity index (χ4n) is 1.84. The Labute approximate surface area is 119 Å². The van der Waals surface area contributed by atoms with Crippen molar-refractivity contribution >= 4 is 11.6 Å². The van der Waals surface area contributed by atoms with Crippen molar-refractivity contribution in [2.24, 2.45) is 5.92 Å². The van der Waals surface area contributed by atoms with Gasteiger partial charge in [-0.05, 0) is 18.1 Å². The maximum absolute atomic E-state index is 11.6. The van der Waals surface area contributed by atoms with E-state index in [0.29, 0.717) is 25.7 Å². The molecule has 20 heavy (non-hydrogen) atoms. The van der Waals surface area contributed by atoms with Gasteiger partial charge in [-0.3, -0.25) is 4.79 Å². The van der Waals surface area contributed by atoms with Crippen LogP contribution in [0.1, 0.15) is 20.3 Å². The lowest BCUT2D eigenvalue weighted by Gasteiger charge is -2.12. The van der Waals surface area contributed by atoms with Gasteiger partial charge in [0.2, 0.25) is 5.91 Å². The number of ether oxygens (including phenoxy) is 2. The molecule has 5 nitrogen and oxygen atoms in total. The third kappa shape index (κ3) is 4.33. The minimum absolute atomic E-state index is 0.00851. The van der Waals surface area contributed by atoms with Crippen LogP contribution in [0.3, 0.4) is 0 Å². The molecule has 2 rings (SSSR count). The second-order valence-electron chi connectivity index (χ2n) is 5.26. The molecule has 110 valence electrons. The van der Waals surface area contributed by atoms with Crippen LogP contribution in [0, 0.1) is 5.92 Å². The SMILES string of the molecule is CC(C)CNC(=O)CNc1ccc2c(c1)OCCCO2. The molecule has 0 bridgehead atoms. The fourth-order valence-corrected chi connectivity index (χ4v) is 1.84. The second kappa shape index (κ2) is 7.03. The van der Waals surface area contributed by atoms with E-state index in [1.165, 1.54) is 0 Å². The van der Waals surface area contributed by atoms with Crippen LogP contribution in [0.2, 0.25) is 0 Å². The number of anilines is 1. The van der Waals surface area contributed by atoms with Crippen LogP contribution >= 0.6 is 0 Å². The first-order valence-electron chi connectivity index (χ1n) is 7.05. The summed E-state index contributed by atoms with van der Waals surface area (Å²) in [6.45, 7) is 6.42. The van der Waals surface area contributed by atoms with Gasteiger partial charge in [0.15, 0.2) is 11.5 Å². The summed E-state index contributed by atoms with van der Waals surface area (Å²) in [7, 11) is 0. The minimum atomic E-state index is -0.00851. The summed E-state index contributed by atoms with van der Waals surface area (Å²) in [6.07, 6.45) is 0.884. The molecule has 0 atom stereocenters. The smallest absolute Gasteiger partial charge is 0.239 e. The number of carbonyl (C=O) groups excluding carboxylic acids is 1. The summed E-state index contributed by atoms with van der Waals surface area (Å²) in [5.41, 5.74) is 0.856. The van der Waals surface area contributed by atoms with Crippen molar-refractivity contribution in [2.75, 3.05) is 31.6 Å². The van der Waals surface area contributed by atoms with Crippen LogP contribution in [0.15, 0.2) is 18.2 Å². The average molecular weight is 278 g/mol. The summed E-state index contributed by atoms with van der Waals surface area (Å²) >= 11 is 0. The van der Waals surface area contributed by atoms with Crippen molar-refractivity contribution in [1.29, 1.82) is 0 Å². The summed E-state index contributed by atoms with van der Waals surface area (Å²) in [6, 6.07) is 5.63. The Balaban J connectivity index is 1.87. The van der Waals surface area contributed by atoms with E-state index in [1.54, 1.807) is 0 Å². The van der Waals surface area contributed by atoms with Crippen LogP contribution in [-0.2, 0) is 4.79 Å². The quantitative estimate of drug-likeness (QED) is 0.865. The third-order valence-corrected chi connectivity index (χ3v) is 2.91. The molecular weight excluding hydrogens is 256 g/mol. The van der Waals surface area contributed by atoms with Gasteiger partial charge >= 0.3 is 0 Å². The van der Waals surface area contributed by atoms with Crippen molar-refractivity contribution in [1.82, 2.24) is 5.32 Å². The molecule has 0 spiro atoms. The number of amides is 1. The minimum Gasteiger partial charge on any atom is -0.490 e. The molecule has 0 aliphatic carbocycles. The van der Waals surface area contributed by atoms with Crippen LogP contribution < -0.4 is 20.1 Å². The zero-order valence-electron chi connectivity index (χ0n) is 12.1. The molecule has 1 aliphatic heterocycles. The maximum atomic E-state index is 11.6. The van der Waals surface area contributed by atoms with Crippen LogP contribution in [0.25, 0.3) is 0 Å². The number of benzene rings is 1. The average Bonchev–Trinajstić information content (AvgIpc) is 2.67.